The topological polar surface area (TPSA) is 45.2 Å². The number of halogens is 3. The molecular formula is C22H22F3N3OS2. The molecule has 0 radical (unpaired) electrons. The Kier molecular flexibility index (Phi) is 6.55. The Morgan fingerprint density at radius 2 is 1.84 bits per heavy atom. The van der Waals surface area contributed by atoms with Crippen LogP contribution in [-0.4, -0.2) is 46.9 Å². The average molecular weight is 466 g/mol. The van der Waals surface area contributed by atoms with Gasteiger partial charge in [0.05, 0.1) is 4.88 Å². The van der Waals surface area contributed by atoms with Crippen LogP contribution in [-0.2, 0) is 12.6 Å². The Labute approximate surface area is 186 Å². The van der Waals surface area contributed by atoms with Gasteiger partial charge >= 0.3 is 6.18 Å². The summed E-state index contributed by atoms with van der Waals surface area (Å²) < 4.78 is 38.8. The fourth-order valence-electron chi connectivity index (χ4n) is 3.53. The van der Waals surface area contributed by atoms with Crippen LogP contribution in [0.15, 0.2) is 36.4 Å². The molecule has 1 saturated heterocycles. The van der Waals surface area contributed by atoms with Crippen molar-refractivity contribution >= 4 is 44.9 Å². The van der Waals surface area contributed by atoms with Gasteiger partial charge < -0.3 is 10.2 Å². The van der Waals surface area contributed by atoms with Crippen LogP contribution in [0.2, 0.25) is 0 Å². The van der Waals surface area contributed by atoms with Crippen molar-refractivity contribution in [2.45, 2.75) is 19.5 Å². The maximum absolute atomic E-state index is 12.9. The predicted molar refractivity (Wildman–Crippen MR) is 121 cm³/mol. The summed E-state index contributed by atoms with van der Waals surface area (Å²) in [4.78, 5) is 19.5. The minimum Gasteiger partial charge on any atom is -0.321 e. The summed E-state index contributed by atoms with van der Waals surface area (Å²) in [6, 6.07) is 10.1. The molecule has 2 aromatic heterocycles. The van der Waals surface area contributed by atoms with E-state index in [0.29, 0.717) is 21.5 Å². The van der Waals surface area contributed by atoms with Crippen molar-refractivity contribution in [2.75, 3.05) is 36.5 Å². The largest absolute Gasteiger partial charge is 0.433 e. The molecule has 1 aliphatic heterocycles. The number of anilines is 1. The van der Waals surface area contributed by atoms with Crippen LogP contribution >= 0.6 is 23.1 Å². The Morgan fingerprint density at radius 3 is 2.52 bits per heavy atom. The third-order valence-corrected chi connectivity index (χ3v) is 7.48. The first-order valence-electron chi connectivity index (χ1n) is 9.99. The monoisotopic (exact) mass is 465 g/mol. The lowest BCUT2D eigenvalue weighted by Crippen LogP contribution is -2.34. The van der Waals surface area contributed by atoms with E-state index in [0.717, 1.165) is 43.5 Å². The Bertz CT molecular complexity index is 1070. The van der Waals surface area contributed by atoms with E-state index < -0.39 is 11.9 Å². The molecule has 1 N–H and O–H groups in total. The summed E-state index contributed by atoms with van der Waals surface area (Å²) >= 11 is 2.97. The zero-order valence-corrected chi connectivity index (χ0v) is 18.6. The lowest BCUT2D eigenvalue weighted by atomic mass is 10.1. The first-order chi connectivity index (χ1) is 14.8. The van der Waals surface area contributed by atoms with E-state index in [2.05, 4.69) is 15.2 Å². The Balaban J connectivity index is 1.42. The van der Waals surface area contributed by atoms with E-state index in [9.17, 15) is 18.0 Å². The SMILES string of the molecule is Cc1c(C(=O)Nc2ccc(CCN3CCSCC3)cc2)sc2nc(C(F)(F)F)ccc12. The van der Waals surface area contributed by atoms with Gasteiger partial charge in [-0.05, 0) is 48.7 Å². The summed E-state index contributed by atoms with van der Waals surface area (Å²) in [5.41, 5.74) is 1.55. The molecule has 3 heterocycles. The minimum atomic E-state index is -4.51. The number of hydrogen-bond donors (Lipinski definition) is 1. The molecule has 31 heavy (non-hydrogen) atoms. The Hall–Kier alpha value is -2.10. The lowest BCUT2D eigenvalue weighted by molar-refractivity contribution is -0.140. The van der Waals surface area contributed by atoms with Gasteiger partial charge in [0.25, 0.3) is 5.91 Å². The van der Waals surface area contributed by atoms with Crippen LogP contribution in [0.3, 0.4) is 0 Å². The van der Waals surface area contributed by atoms with E-state index in [1.54, 1.807) is 6.92 Å². The highest BCUT2D eigenvalue weighted by molar-refractivity contribution is 7.99. The van der Waals surface area contributed by atoms with Crippen molar-refractivity contribution in [3.63, 3.8) is 0 Å². The third kappa shape index (κ3) is 5.22. The molecule has 0 unspecified atom stereocenters. The number of thioether (sulfide) groups is 1. The molecule has 1 fully saturated rings. The van der Waals surface area contributed by atoms with Gasteiger partial charge in [0.1, 0.15) is 10.5 Å². The van der Waals surface area contributed by atoms with Crippen molar-refractivity contribution in [1.82, 2.24) is 9.88 Å². The summed E-state index contributed by atoms with van der Waals surface area (Å²) in [5, 5.41) is 3.41. The van der Waals surface area contributed by atoms with Crippen LogP contribution in [0, 0.1) is 6.92 Å². The van der Waals surface area contributed by atoms with Gasteiger partial charge in [-0.3, -0.25) is 4.79 Å². The number of thiophene rings is 1. The number of aromatic nitrogens is 1. The summed E-state index contributed by atoms with van der Waals surface area (Å²) in [6.07, 6.45) is -3.55. The first-order valence-corrected chi connectivity index (χ1v) is 12.0. The molecule has 1 amide bonds. The zero-order chi connectivity index (χ0) is 22.0. The van der Waals surface area contributed by atoms with Crippen LogP contribution < -0.4 is 5.32 Å². The van der Waals surface area contributed by atoms with Gasteiger partial charge in [0.15, 0.2) is 0 Å². The van der Waals surface area contributed by atoms with Crippen LogP contribution in [0.25, 0.3) is 10.2 Å². The van der Waals surface area contributed by atoms with Gasteiger partial charge in [-0.25, -0.2) is 4.98 Å². The third-order valence-electron chi connectivity index (χ3n) is 5.33. The van der Waals surface area contributed by atoms with Gasteiger partial charge in [-0.1, -0.05) is 12.1 Å². The number of pyridine rings is 1. The van der Waals surface area contributed by atoms with Crippen LogP contribution in [0.1, 0.15) is 26.5 Å². The highest BCUT2D eigenvalue weighted by Crippen LogP contribution is 2.34. The van der Waals surface area contributed by atoms with E-state index in [1.807, 2.05) is 36.0 Å². The fraction of sp³-hybridized carbons (Fsp3) is 0.364. The van der Waals surface area contributed by atoms with Crippen molar-refractivity contribution < 1.29 is 18.0 Å². The van der Waals surface area contributed by atoms with E-state index >= 15 is 0 Å². The van der Waals surface area contributed by atoms with E-state index in [4.69, 9.17) is 0 Å². The maximum atomic E-state index is 12.9. The Morgan fingerprint density at radius 1 is 1.13 bits per heavy atom. The average Bonchev–Trinajstić information content (AvgIpc) is 3.09. The molecule has 0 spiro atoms. The highest BCUT2D eigenvalue weighted by atomic mass is 32.2. The standard InChI is InChI=1S/C22H22F3N3OS2/c1-14-17-6-7-18(22(23,24)25)27-21(17)31-19(14)20(29)26-16-4-2-15(3-5-16)8-9-28-10-12-30-13-11-28/h2-7H,8-13H2,1H3,(H,26,29). The van der Waals surface area contributed by atoms with E-state index in [-0.39, 0.29) is 10.7 Å². The molecule has 9 heteroatoms. The predicted octanol–water partition coefficient (Wildman–Crippen LogP) is 5.47. The molecule has 4 nitrogen and oxygen atoms in total. The second kappa shape index (κ2) is 9.18. The number of benzene rings is 1. The van der Waals surface area contributed by atoms with Gasteiger partial charge in [-0.2, -0.15) is 24.9 Å². The van der Waals surface area contributed by atoms with E-state index in [1.165, 1.54) is 23.1 Å². The number of alkyl halides is 3. The first kappa shape index (κ1) is 22.1. The number of aryl methyl sites for hydroxylation is 1. The molecule has 0 aliphatic carbocycles. The smallest absolute Gasteiger partial charge is 0.321 e. The summed E-state index contributed by atoms with van der Waals surface area (Å²) in [7, 11) is 0. The number of hydrogen-bond acceptors (Lipinski definition) is 5. The van der Waals surface area contributed by atoms with Gasteiger partial charge in [0.2, 0.25) is 0 Å². The number of rotatable bonds is 5. The van der Waals surface area contributed by atoms with Crippen molar-refractivity contribution in [1.29, 1.82) is 0 Å². The molecule has 1 aromatic carbocycles. The van der Waals surface area contributed by atoms with Crippen molar-refractivity contribution in [2.24, 2.45) is 0 Å². The van der Waals surface area contributed by atoms with Gasteiger partial charge in [-0.15, -0.1) is 11.3 Å². The molecule has 164 valence electrons. The van der Waals surface area contributed by atoms with Gasteiger partial charge in [0, 0.05) is 42.2 Å². The maximum Gasteiger partial charge on any atom is 0.433 e. The lowest BCUT2D eigenvalue weighted by Gasteiger charge is -2.26. The molecule has 0 bridgehead atoms. The number of carbonyl (C=O) groups excluding carboxylic acids is 1. The van der Waals surface area contributed by atoms with Crippen molar-refractivity contribution in [3.05, 3.63) is 58.1 Å². The molecule has 0 saturated carbocycles. The minimum absolute atomic E-state index is 0.212. The summed E-state index contributed by atoms with van der Waals surface area (Å²) in [6.45, 7) is 5.02. The highest BCUT2D eigenvalue weighted by Gasteiger charge is 2.33. The number of fused-ring (bicyclic) bond motifs is 1. The number of carbonyl (C=O) groups is 1. The normalized spacial score (nSPS) is 15.4. The summed E-state index contributed by atoms with van der Waals surface area (Å²) in [5.74, 6) is 2.04. The second-order valence-electron chi connectivity index (χ2n) is 7.46. The number of nitrogens with one attached hydrogen (secondary N) is 1. The molecule has 3 aromatic rings. The zero-order valence-electron chi connectivity index (χ0n) is 17.0. The van der Waals surface area contributed by atoms with Crippen molar-refractivity contribution in [3.8, 4) is 0 Å². The molecule has 0 atom stereocenters. The second-order valence-corrected chi connectivity index (χ2v) is 9.68. The fourth-order valence-corrected chi connectivity index (χ4v) is 5.58. The molecular weight excluding hydrogens is 443 g/mol. The molecule has 4 rings (SSSR count). The number of nitrogens with zero attached hydrogens (tertiary/aromatic N) is 2. The van der Waals surface area contributed by atoms with Crippen LogP contribution in [0.4, 0.5) is 18.9 Å². The quantitative estimate of drug-likeness (QED) is 0.543. The van der Waals surface area contributed by atoms with Crippen LogP contribution in [0.5, 0.6) is 0 Å². The molecule has 1 aliphatic rings. The number of amides is 1.